The quantitative estimate of drug-likeness (QED) is 0.203. The van der Waals surface area contributed by atoms with Gasteiger partial charge in [-0.2, -0.15) is 5.10 Å². The van der Waals surface area contributed by atoms with E-state index in [0.717, 1.165) is 9.87 Å². The normalized spacial score (nSPS) is 11.4. The lowest BCUT2D eigenvalue weighted by Crippen LogP contribution is -2.26. The van der Waals surface area contributed by atoms with Crippen molar-refractivity contribution in [2.45, 2.75) is 11.8 Å². The van der Waals surface area contributed by atoms with Crippen LogP contribution < -0.4 is 9.73 Å². The number of non-ortho nitro benzene ring substituents is 1. The Kier molecular flexibility index (Phi) is 7.16. The molecule has 0 atom stereocenters. The molecule has 188 valence electrons. The third-order valence-electron chi connectivity index (χ3n) is 5.50. The van der Waals surface area contributed by atoms with Crippen LogP contribution in [0.15, 0.2) is 99.3 Å². The van der Waals surface area contributed by atoms with Crippen molar-refractivity contribution in [1.82, 2.24) is 5.43 Å². The standard InChI is InChI=1S/C26H22N4O6S/c1-18-6-13-24(14-7-18)37(34,35)29(2)21-10-8-19(9-11-21)26(31)28-27-17-23-12-15-25(36-23)20-4-3-5-22(16-20)30(32)33/h3-17H,1-2H3,(H,28,31)/b27-17-. The van der Waals surface area contributed by atoms with Crippen LogP contribution in [0.5, 0.6) is 0 Å². The fourth-order valence-electron chi connectivity index (χ4n) is 3.40. The van der Waals surface area contributed by atoms with Crippen molar-refractivity contribution in [3.05, 3.63) is 112 Å². The van der Waals surface area contributed by atoms with Crippen molar-refractivity contribution in [1.29, 1.82) is 0 Å². The first-order chi connectivity index (χ1) is 17.6. The Balaban J connectivity index is 1.39. The minimum absolute atomic E-state index is 0.0543. The van der Waals surface area contributed by atoms with Crippen molar-refractivity contribution in [3.8, 4) is 11.3 Å². The monoisotopic (exact) mass is 518 g/mol. The molecule has 11 heteroatoms. The topological polar surface area (TPSA) is 135 Å². The molecule has 0 saturated carbocycles. The lowest BCUT2D eigenvalue weighted by molar-refractivity contribution is -0.384. The molecule has 1 amide bonds. The molecule has 0 unspecified atom stereocenters. The van der Waals surface area contributed by atoms with Gasteiger partial charge in [0.2, 0.25) is 0 Å². The van der Waals surface area contributed by atoms with E-state index >= 15 is 0 Å². The van der Waals surface area contributed by atoms with Crippen LogP contribution >= 0.6 is 0 Å². The molecule has 4 aromatic rings. The number of nitrogens with zero attached hydrogens (tertiary/aromatic N) is 3. The highest BCUT2D eigenvalue weighted by atomic mass is 32.2. The second-order valence-corrected chi connectivity index (χ2v) is 10.0. The second-order valence-electron chi connectivity index (χ2n) is 8.04. The Morgan fingerprint density at radius 1 is 1.03 bits per heavy atom. The third kappa shape index (κ3) is 5.73. The van der Waals surface area contributed by atoms with Gasteiger partial charge < -0.3 is 4.42 Å². The predicted molar refractivity (Wildman–Crippen MR) is 139 cm³/mol. The first-order valence-electron chi connectivity index (χ1n) is 11.0. The molecular formula is C26H22N4O6S. The van der Waals surface area contributed by atoms with Gasteiger partial charge >= 0.3 is 0 Å². The van der Waals surface area contributed by atoms with Gasteiger partial charge in [-0.15, -0.1) is 0 Å². The van der Waals surface area contributed by atoms with E-state index in [0.29, 0.717) is 22.8 Å². The summed E-state index contributed by atoms with van der Waals surface area (Å²) < 4.78 is 32.5. The lowest BCUT2D eigenvalue weighted by atomic mass is 10.1. The number of nitro groups is 1. The van der Waals surface area contributed by atoms with E-state index in [-0.39, 0.29) is 16.1 Å². The van der Waals surface area contributed by atoms with Crippen LogP contribution in [0.4, 0.5) is 11.4 Å². The van der Waals surface area contributed by atoms with Crippen LogP contribution in [-0.2, 0) is 10.0 Å². The molecule has 0 aliphatic rings. The van der Waals surface area contributed by atoms with Crippen LogP contribution in [0.25, 0.3) is 11.3 Å². The van der Waals surface area contributed by atoms with Crippen LogP contribution in [0.3, 0.4) is 0 Å². The molecule has 10 nitrogen and oxygen atoms in total. The van der Waals surface area contributed by atoms with Crippen LogP contribution in [-0.4, -0.2) is 32.5 Å². The van der Waals surface area contributed by atoms with Gasteiger partial charge in [0.25, 0.3) is 21.6 Å². The Morgan fingerprint density at radius 3 is 2.41 bits per heavy atom. The molecule has 37 heavy (non-hydrogen) atoms. The molecule has 4 rings (SSSR count). The molecule has 1 heterocycles. The molecule has 1 aromatic heterocycles. The molecule has 3 aromatic carbocycles. The highest BCUT2D eigenvalue weighted by molar-refractivity contribution is 7.92. The fraction of sp³-hybridized carbons (Fsp3) is 0.0769. The summed E-state index contributed by atoms with van der Waals surface area (Å²) in [5.74, 6) is 0.245. The number of carbonyl (C=O) groups is 1. The number of benzene rings is 3. The number of furan rings is 1. The van der Waals surface area contributed by atoms with Gasteiger partial charge in [-0.25, -0.2) is 13.8 Å². The largest absolute Gasteiger partial charge is 0.455 e. The van der Waals surface area contributed by atoms with Crippen molar-refractivity contribution in [2.24, 2.45) is 5.10 Å². The number of nitro benzene ring substituents is 1. The summed E-state index contributed by atoms with van der Waals surface area (Å²) in [6, 6.07) is 21.9. The van der Waals surface area contributed by atoms with E-state index < -0.39 is 20.9 Å². The number of nitrogens with one attached hydrogen (secondary N) is 1. The molecular weight excluding hydrogens is 496 g/mol. The summed E-state index contributed by atoms with van der Waals surface area (Å²) in [6.07, 6.45) is 1.30. The van der Waals surface area contributed by atoms with Crippen LogP contribution in [0.1, 0.15) is 21.7 Å². The maximum atomic E-state index is 12.9. The van der Waals surface area contributed by atoms with Gasteiger partial charge in [0.05, 0.1) is 21.7 Å². The molecule has 0 bridgehead atoms. The second kappa shape index (κ2) is 10.5. The Hall–Kier alpha value is -4.77. The minimum Gasteiger partial charge on any atom is -0.455 e. The number of anilines is 1. The minimum atomic E-state index is -3.75. The van der Waals surface area contributed by atoms with E-state index in [4.69, 9.17) is 4.42 Å². The maximum absolute atomic E-state index is 12.9. The summed E-state index contributed by atoms with van der Waals surface area (Å²) in [4.78, 5) is 23.1. The lowest BCUT2D eigenvalue weighted by Gasteiger charge is -2.19. The number of amides is 1. The van der Waals surface area contributed by atoms with Gasteiger partial charge in [0, 0.05) is 30.3 Å². The zero-order valence-electron chi connectivity index (χ0n) is 19.9. The Morgan fingerprint density at radius 2 is 1.73 bits per heavy atom. The molecule has 1 N–H and O–H groups in total. The van der Waals surface area contributed by atoms with E-state index in [9.17, 15) is 23.3 Å². The number of aryl methyl sites for hydroxylation is 1. The van der Waals surface area contributed by atoms with E-state index in [2.05, 4.69) is 10.5 Å². The van der Waals surface area contributed by atoms with Gasteiger partial charge in [0.15, 0.2) is 0 Å². The number of hydrogen-bond acceptors (Lipinski definition) is 7. The average molecular weight is 519 g/mol. The van der Waals surface area contributed by atoms with E-state index in [1.54, 1.807) is 48.5 Å². The predicted octanol–water partition coefficient (Wildman–Crippen LogP) is 4.75. The maximum Gasteiger partial charge on any atom is 0.271 e. The summed E-state index contributed by atoms with van der Waals surface area (Å²) in [6.45, 7) is 1.88. The molecule has 0 saturated heterocycles. The van der Waals surface area contributed by atoms with Crippen molar-refractivity contribution >= 4 is 33.5 Å². The number of hydrogen-bond donors (Lipinski definition) is 1. The summed E-state index contributed by atoms with van der Waals surface area (Å²) in [7, 11) is -2.30. The summed E-state index contributed by atoms with van der Waals surface area (Å²) in [5.41, 5.74) is 4.48. The van der Waals surface area contributed by atoms with Gasteiger partial charge in [-0.1, -0.05) is 29.8 Å². The van der Waals surface area contributed by atoms with Gasteiger partial charge in [-0.3, -0.25) is 19.2 Å². The van der Waals surface area contributed by atoms with Crippen LogP contribution in [0, 0.1) is 17.0 Å². The summed E-state index contributed by atoms with van der Waals surface area (Å²) >= 11 is 0. The molecule has 0 fully saturated rings. The molecule has 0 radical (unpaired) electrons. The first-order valence-corrected chi connectivity index (χ1v) is 12.4. The molecule has 0 spiro atoms. The SMILES string of the molecule is Cc1ccc(S(=O)(=O)N(C)c2ccc(C(=O)N/N=C\c3ccc(-c4cccc([N+](=O)[O-])c4)o3)cc2)cc1. The average Bonchev–Trinajstić information content (AvgIpc) is 3.37. The fourth-order valence-corrected chi connectivity index (χ4v) is 4.59. The Bertz CT molecular complexity index is 1580. The van der Waals surface area contributed by atoms with Crippen molar-refractivity contribution < 1.29 is 22.6 Å². The number of hydrazone groups is 1. The highest BCUT2D eigenvalue weighted by Gasteiger charge is 2.21. The molecule has 0 aliphatic heterocycles. The van der Waals surface area contributed by atoms with Crippen LogP contribution in [0.2, 0.25) is 0 Å². The summed E-state index contributed by atoms with van der Waals surface area (Å²) in [5, 5.41) is 14.8. The third-order valence-corrected chi connectivity index (χ3v) is 7.30. The molecule has 0 aliphatic carbocycles. The van der Waals surface area contributed by atoms with Gasteiger partial charge in [-0.05, 0) is 55.5 Å². The number of carbonyl (C=O) groups excluding carboxylic acids is 1. The highest BCUT2D eigenvalue weighted by Crippen LogP contribution is 2.25. The zero-order valence-corrected chi connectivity index (χ0v) is 20.7. The van der Waals surface area contributed by atoms with E-state index in [1.807, 2.05) is 6.92 Å². The zero-order chi connectivity index (χ0) is 26.6. The van der Waals surface area contributed by atoms with Crippen molar-refractivity contribution in [3.63, 3.8) is 0 Å². The van der Waals surface area contributed by atoms with Gasteiger partial charge in [0.1, 0.15) is 11.5 Å². The van der Waals surface area contributed by atoms with E-state index in [1.165, 1.54) is 49.7 Å². The number of sulfonamides is 1. The number of rotatable bonds is 8. The first kappa shape index (κ1) is 25.3. The Labute approximate surface area is 213 Å². The van der Waals surface area contributed by atoms with Crippen molar-refractivity contribution in [2.75, 3.05) is 11.4 Å². The smallest absolute Gasteiger partial charge is 0.271 e.